The summed E-state index contributed by atoms with van der Waals surface area (Å²) in [6.45, 7) is 10.9. The monoisotopic (exact) mass is 252 g/mol. The molecule has 0 aliphatic carbocycles. The summed E-state index contributed by atoms with van der Waals surface area (Å²) in [4.78, 5) is 2.34. The molecular formula is C15H28N2O. The number of hydrogen-bond donors (Lipinski definition) is 1. The maximum atomic E-state index is 5.37. The third-order valence-corrected chi connectivity index (χ3v) is 3.19. The minimum atomic E-state index is 0.226. The Bertz CT molecular complexity index is 314. The molecule has 1 N–H and O–H groups in total. The van der Waals surface area contributed by atoms with Gasteiger partial charge in [-0.3, -0.25) is 4.90 Å². The average Bonchev–Trinajstić information content (AvgIpc) is 2.75. The third kappa shape index (κ3) is 6.22. The predicted molar refractivity (Wildman–Crippen MR) is 76.6 cm³/mol. The van der Waals surface area contributed by atoms with E-state index in [1.807, 2.05) is 12.1 Å². The van der Waals surface area contributed by atoms with Crippen LogP contribution in [0.5, 0.6) is 0 Å². The molecule has 1 aromatic heterocycles. The second-order valence-corrected chi connectivity index (χ2v) is 6.16. The molecule has 1 heterocycles. The molecule has 0 spiro atoms. The van der Waals surface area contributed by atoms with Crippen molar-refractivity contribution in [2.75, 3.05) is 13.6 Å². The quantitative estimate of drug-likeness (QED) is 0.755. The molecular weight excluding hydrogens is 224 g/mol. The van der Waals surface area contributed by atoms with Gasteiger partial charge in [0.2, 0.25) is 0 Å². The first-order chi connectivity index (χ1) is 8.38. The zero-order valence-corrected chi connectivity index (χ0v) is 12.5. The molecule has 1 rings (SSSR count). The predicted octanol–water partition coefficient (Wildman–Crippen LogP) is 3.27. The summed E-state index contributed by atoms with van der Waals surface area (Å²) in [5, 5.41) is 3.52. The molecule has 1 unspecified atom stereocenters. The molecule has 0 fully saturated rings. The summed E-state index contributed by atoms with van der Waals surface area (Å²) in [7, 11) is 2.16. The molecule has 1 aromatic rings. The van der Waals surface area contributed by atoms with Crippen LogP contribution >= 0.6 is 0 Å². The van der Waals surface area contributed by atoms with E-state index in [4.69, 9.17) is 4.42 Å². The van der Waals surface area contributed by atoms with Crippen LogP contribution in [0, 0.1) is 0 Å². The van der Waals surface area contributed by atoms with Crippen molar-refractivity contribution in [2.45, 2.75) is 58.7 Å². The van der Waals surface area contributed by atoms with Gasteiger partial charge in [-0.2, -0.15) is 0 Å². The largest absolute Gasteiger partial charge is 0.468 e. The molecule has 1 atom stereocenters. The molecule has 104 valence electrons. The van der Waals surface area contributed by atoms with Gasteiger partial charge in [0, 0.05) is 11.6 Å². The van der Waals surface area contributed by atoms with E-state index in [-0.39, 0.29) is 5.54 Å². The molecule has 0 aromatic carbocycles. The van der Waals surface area contributed by atoms with Crippen molar-refractivity contribution in [2.24, 2.45) is 0 Å². The number of nitrogens with one attached hydrogen (secondary N) is 1. The van der Waals surface area contributed by atoms with Crippen LogP contribution in [-0.2, 0) is 6.54 Å². The minimum absolute atomic E-state index is 0.226. The van der Waals surface area contributed by atoms with Crippen LogP contribution in [-0.4, -0.2) is 30.1 Å². The lowest BCUT2D eigenvalue weighted by molar-refractivity contribution is 0.216. The highest BCUT2D eigenvalue weighted by Crippen LogP contribution is 2.10. The van der Waals surface area contributed by atoms with E-state index >= 15 is 0 Å². The highest BCUT2D eigenvalue weighted by molar-refractivity contribution is 4.97. The Morgan fingerprint density at radius 1 is 1.39 bits per heavy atom. The van der Waals surface area contributed by atoms with Crippen LogP contribution < -0.4 is 5.32 Å². The third-order valence-electron chi connectivity index (χ3n) is 3.19. The topological polar surface area (TPSA) is 28.4 Å². The van der Waals surface area contributed by atoms with E-state index in [1.165, 1.54) is 12.8 Å². The van der Waals surface area contributed by atoms with Crippen LogP contribution in [0.1, 0.15) is 46.3 Å². The second kappa shape index (κ2) is 6.95. The van der Waals surface area contributed by atoms with E-state index < -0.39 is 0 Å². The van der Waals surface area contributed by atoms with Crippen molar-refractivity contribution < 1.29 is 4.42 Å². The molecule has 0 aliphatic heterocycles. The number of rotatable bonds is 7. The molecule has 3 heteroatoms. The first-order valence-corrected chi connectivity index (χ1v) is 6.86. The Morgan fingerprint density at radius 2 is 2.11 bits per heavy atom. The van der Waals surface area contributed by atoms with E-state index in [0.717, 1.165) is 18.8 Å². The standard InChI is InChI=1S/C15H28N2O/c1-13(8-6-10-16-15(2,3)4)17(5)12-14-9-7-11-18-14/h7,9,11,13,16H,6,8,10,12H2,1-5H3. The number of hydrogen-bond acceptors (Lipinski definition) is 3. The zero-order chi connectivity index (χ0) is 13.6. The molecule has 0 bridgehead atoms. The van der Waals surface area contributed by atoms with Crippen LogP contribution in [0.4, 0.5) is 0 Å². The molecule has 0 saturated carbocycles. The van der Waals surface area contributed by atoms with Crippen molar-refractivity contribution in [1.29, 1.82) is 0 Å². The summed E-state index contributed by atoms with van der Waals surface area (Å²) in [6, 6.07) is 4.56. The van der Waals surface area contributed by atoms with Gasteiger partial charge in [0.15, 0.2) is 0 Å². The molecule has 3 nitrogen and oxygen atoms in total. The van der Waals surface area contributed by atoms with Crippen LogP contribution in [0.2, 0.25) is 0 Å². The van der Waals surface area contributed by atoms with Crippen LogP contribution in [0.15, 0.2) is 22.8 Å². The summed E-state index contributed by atoms with van der Waals surface area (Å²) in [5.41, 5.74) is 0.226. The van der Waals surface area contributed by atoms with Gasteiger partial charge in [-0.05, 0) is 66.3 Å². The van der Waals surface area contributed by atoms with Gasteiger partial charge in [-0.15, -0.1) is 0 Å². The Morgan fingerprint density at radius 3 is 2.67 bits per heavy atom. The fourth-order valence-electron chi connectivity index (χ4n) is 1.89. The van der Waals surface area contributed by atoms with Crippen molar-refractivity contribution in [3.63, 3.8) is 0 Å². The summed E-state index contributed by atoms with van der Waals surface area (Å²) in [5.74, 6) is 1.04. The Hall–Kier alpha value is -0.800. The fraction of sp³-hybridized carbons (Fsp3) is 0.733. The van der Waals surface area contributed by atoms with E-state index in [0.29, 0.717) is 6.04 Å². The van der Waals surface area contributed by atoms with Crippen LogP contribution in [0.3, 0.4) is 0 Å². The molecule has 0 radical (unpaired) electrons. The Labute approximate surface area is 112 Å². The van der Waals surface area contributed by atoms with Gasteiger partial charge in [0.1, 0.15) is 5.76 Å². The smallest absolute Gasteiger partial charge is 0.117 e. The van der Waals surface area contributed by atoms with Crippen LogP contribution in [0.25, 0.3) is 0 Å². The summed E-state index contributed by atoms with van der Waals surface area (Å²) in [6.07, 6.45) is 4.16. The van der Waals surface area contributed by atoms with Gasteiger partial charge in [-0.25, -0.2) is 0 Å². The highest BCUT2D eigenvalue weighted by atomic mass is 16.3. The Kier molecular flexibility index (Phi) is 5.89. The lowest BCUT2D eigenvalue weighted by atomic mass is 10.1. The highest BCUT2D eigenvalue weighted by Gasteiger charge is 2.12. The molecule has 18 heavy (non-hydrogen) atoms. The summed E-state index contributed by atoms with van der Waals surface area (Å²) < 4.78 is 5.37. The first-order valence-electron chi connectivity index (χ1n) is 6.86. The van der Waals surface area contributed by atoms with Gasteiger partial charge in [-0.1, -0.05) is 0 Å². The molecule has 0 saturated heterocycles. The zero-order valence-electron chi connectivity index (χ0n) is 12.5. The first kappa shape index (κ1) is 15.3. The van der Waals surface area contributed by atoms with E-state index in [2.05, 4.69) is 45.0 Å². The van der Waals surface area contributed by atoms with Crippen molar-refractivity contribution >= 4 is 0 Å². The fourth-order valence-corrected chi connectivity index (χ4v) is 1.89. The maximum absolute atomic E-state index is 5.37. The molecule has 0 aliphatic rings. The lowest BCUT2D eigenvalue weighted by Crippen LogP contribution is -2.37. The summed E-state index contributed by atoms with van der Waals surface area (Å²) >= 11 is 0. The molecule has 0 amide bonds. The second-order valence-electron chi connectivity index (χ2n) is 6.16. The normalized spacial score (nSPS) is 14.1. The van der Waals surface area contributed by atoms with Crippen molar-refractivity contribution in [3.05, 3.63) is 24.2 Å². The average molecular weight is 252 g/mol. The van der Waals surface area contributed by atoms with Gasteiger partial charge in [0.25, 0.3) is 0 Å². The van der Waals surface area contributed by atoms with Gasteiger partial charge < -0.3 is 9.73 Å². The van der Waals surface area contributed by atoms with Gasteiger partial charge in [0.05, 0.1) is 12.8 Å². The van der Waals surface area contributed by atoms with Gasteiger partial charge >= 0.3 is 0 Å². The number of nitrogens with zero attached hydrogens (tertiary/aromatic N) is 1. The Balaban J connectivity index is 2.18. The number of furan rings is 1. The van der Waals surface area contributed by atoms with Crippen molar-refractivity contribution in [1.82, 2.24) is 10.2 Å². The van der Waals surface area contributed by atoms with E-state index in [1.54, 1.807) is 6.26 Å². The van der Waals surface area contributed by atoms with Crippen molar-refractivity contribution in [3.8, 4) is 0 Å². The lowest BCUT2D eigenvalue weighted by Gasteiger charge is -2.25. The maximum Gasteiger partial charge on any atom is 0.117 e. The minimum Gasteiger partial charge on any atom is -0.468 e. The van der Waals surface area contributed by atoms with E-state index in [9.17, 15) is 0 Å². The SMILES string of the molecule is CC(CCCNC(C)(C)C)N(C)Cc1ccco1.